The third-order valence-electron chi connectivity index (χ3n) is 5.37. The summed E-state index contributed by atoms with van der Waals surface area (Å²) < 4.78 is 0. The van der Waals surface area contributed by atoms with Crippen LogP contribution in [-0.4, -0.2) is 11.8 Å². The minimum atomic E-state index is -0.194. The number of halogens is 1. The predicted octanol–water partition coefficient (Wildman–Crippen LogP) is 6.15. The van der Waals surface area contributed by atoms with Gasteiger partial charge in [0.2, 0.25) is 5.91 Å². The van der Waals surface area contributed by atoms with Gasteiger partial charge < -0.3 is 10.6 Å². The van der Waals surface area contributed by atoms with E-state index in [9.17, 15) is 9.59 Å². The standard InChI is InChI=1S/C22H27ClN2O2S/c1-5-18(26)25-21-19(20(27)24-15-8-6-7-14(23)12-15)16-10-9-13(22(2,3)4)11-17(16)28-21/h6-8,12-13H,5,9-11H2,1-4H3,(H,24,27)(H,25,26). The number of carbonyl (C=O) groups is 2. The molecule has 0 radical (unpaired) electrons. The Morgan fingerprint density at radius 2 is 2.00 bits per heavy atom. The Kier molecular flexibility index (Phi) is 6.15. The van der Waals surface area contributed by atoms with Gasteiger partial charge in [0.05, 0.1) is 5.56 Å². The number of rotatable bonds is 4. The number of nitrogens with one attached hydrogen (secondary N) is 2. The normalized spacial score (nSPS) is 16.4. The molecule has 1 aliphatic carbocycles. The fourth-order valence-corrected chi connectivity index (χ4v) is 5.16. The van der Waals surface area contributed by atoms with Gasteiger partial charge in [-0.15, -0.1) is 11.3 Å². The largest absolute Gasteiger partial charge is 0.322 e. The summed E-state index contributed by atoms with van der Waals surface area (Å²) >= 11 is 7.59. The van der Waals surface area contributed by atoms with Crippen molar-refractivity contribution >= 4 is 45.4 Å². The Balaban J connectivity index is 1.95. The van der Waals surface area contributed by atoms with Crippen LogP contribution in [0.4, 0.5) is 10.7 Å². The average molecular weight is 419 g/mol. The quantitative estimate of drug-likeness (QED) is 0.625. The summed E-state index contributed by atoms with van der Waals surface area (Å²) in [7, 11) is 0. The molecule has 28 heavy (non-hydrogen) atoms. The van der Waals surface area contributed by atoms with Gasteiger partial charge in [-0.05, 0) is 54.4 Å². The fourth-order valence-electron chi connectivity index (χ4n) is 3.63. The van der Waals surface area contributed by atoms with Crippen molar-refractivity contribution in [2.45, 2.75) is 53.4 Å². The molecule has 0 bridgehead atoms. The molecule has 0 spiro atoms. The van der Waals surface area contributed by atoms with Gasteiger partial charge >= 0.3 is 0 Å². The average Bonchev–Trinajstić information content (AvgIpc) is 2.97. The van der Waals surface area contributed by atoms with Crippen LogP contribution in [0.3, 0.4) is 0 Å². The van der Waals surface area contributed by atoms with Crippen molar-refractivity contribution in [3.05, 3.63) is 45.3 Å². The van der Waals surface area contributed by atoms with Crippen LogP contribution in [0.5, 0.6) is 0 Å². The van der Waals surface area contributed by atoms with Crippen LogP contribution in [0.25, 0.3) is 0 Å². The van der Waals surface area contributed by atoms with Gasteiger partial charge in [-0.25, -0.2) is 0 Å². The van der Waals surface area contributed by atoms with Gasteiger partial charge in [0, 0.05) is 22.0 Å². The predicted molar refractivity (Wildman–Crippen MR) is 118 cm³/mol. The van der Waals surface area contributed by atoms with E-state index in [1.807, 2.05) is 13.0 Å². The molecule has 150 valence electrons. The van der Waals surface area contributed by atoms with Gasteiger partial charge in [0.25, 0.3) is 5.91 Å². The lowest BCUT2D eigenvalue weighted by atomic mass is 9.72. The molecule has 1 aromatic heterocycles. The fraction of sp³-hybridized carbons (Fsp3) is 0.455. The molecule has 0 saturated heterocycles. The van der Waals surface area contributed by atoms with Crippen molar-refractivity contribution in [1.29, 1.82) is 0 Å². The van der Waals surface area contributed by atoms with Crippen molar-refractivity contribution in [2.24, 2.45) is 11.3 Å². The maximum Gasteiger partial charge on any atom is 0.258 e. The number of amides is 2. The van der Waals surface area contributed by atoms with E-state index in [1.54, 1.807) is 29.5 Å². The highest BCUT2D eigenvalue weighted by Crippen LogP contribution is 2.44. The molecular weight excluding hydrogens is 392 g/mol. The second-order valence-corrected chi connectivity index (χ2v) is 9.92. The van der Waals surface area contributed by atoms with Crippen LogP contribution in [0, 0.1) is 11.3 Å². The van der Waals surface area contributed by atoms with Crippen molar-refractivity contribution < 1.29 is 9.59 Å². The highest BCUT2D eigenvalue weighted by Gasteiger charge is 2.34. The van der Waals surface area contributed by atoms with Crippen LogP contribution in [-0.2, 0) is 17.6 Å². The Bertz CT molecular complexity index is 898. The molecule has 2 amide bonds. The van der Waals surface area contributed by atoms with E-state index in [1.165, 1.54) is 4.88 Å². The van der Waals surface area contributed by atoms with Crippen molar-refractivity contribution in [2.75, 3.05) is 10.6 Å². The number of fused-ring (bicyclic) bond motifs is 1. The number of carbonyl (C=O) groups excluding carboxylic acids is 2. The number of hydrogen-bond acceptors (Lipinski definition) is 3. The summed E-state index contributed by atoms with van der Waals surface area (Å²) in [5.41, 5.74) is 2.55. The Hall–Kier alpha value is -1.85. The SMILES string of the molecule is CCC(=O)Nc1sc2c(c1C(=O)Nc1cccc(Cl)c1)CCC(C(C)(C)C)C2. The number of benzene rings is 1. The van der Waals surface area contributed by atoms with Crippen LogP contribution < -0.4 is 10.6 Å². The molecular formula is C22H27ClN2O2S. The molecule has 6 heteroatoms. The van der Waals surface area contributed by atoms with Crippen molar-refractivity contribution in [3.63, 3.8) is 0 Å². The van der Waals surface area contributed by atoms with Gasteiger partial charge in [-0.2, -0.15) is 0 Å². The summed E-state index contributed by atoms with van der Waals surface area (Å²) in [4.78, 5) is 26.4. The lowest BCUT2D eigenvalue weighted by Gasteiger charge is -2.33. The smallest absolute Gasteiger partial charge is 0.258 e. The number of anilines is 2. The van der Waals surface area contributed by atoms with Crippen LogP contribution in [0.1, 0.15) is 61.3 Å². The molecule has 0 aliphatic heterocycles. The minimum Gasteiger partial charge on any atom is -0.322 e. The first-order valence-corrected chi connectivity index (χ1v) is 10.9. The minimum absolute atomic E-state index is 0.0808. The van der Waals surface area contributed by atoms with E-state index in [0.717, 1.165) is 24.8 Å². The Labute approximate surface area is 175 Å². The first-order valence-electron chi connectivity index (χ1n) is 9.70. The molecule has 2 N–H and O–H groups in total. The third-order valence-corrected chi connectivity index (χ3v) is 6.78. The monoisotopic (exact) mass is 418 g/mol. The van der Waals surface area contributed by atoms with Gasteiger partial charge in [0.1, 0.15) is 5.00 Å². The molecule has 4 nitrogen and oxygen atoms in total. The topological polar surface area (TPSA) is 58.2 Å². The van der Waals surface area contributed by atoms with Crippen molar-refractivity contribution in [1.82, 2.24) is 0 Å². The molecule has 1 aromatic carbocycles. The molecule has 2 aromatic rings. The maximum atomic E-state index is 13.1. The second-order valence-electron chi connectivity index (χ2n) is 8.38. The summed E-state index contributed by atoms with van der Waals surface area (Å²) in [6.45, 7) is 8.61. The summed E-state index contributed by atoms with van der Waals surface area (Å²) in [5, 5.41) is 7.11. The highest BCUT2D eigenvalue weighted by molar-refractivity contribution is 7.17. The van der Waals surface area contributed by atoms with Gasteiger partial charge in [-0.1, -0.05) is 45.4 Å². The highest BCUT2D eigenvalue weighted by atomic mass is 35.5. The molecule has 1 heterocycles. The van der Waals surface area contributed by atoms with E-state index < -0.39 is 0 Å². The molecule has 1 aliphatic rings. The van der Waals surface area contributed by atoms with E-state index in [-0.39, 0.29) is 17.2 Å². The molecule has 0 saturated carbocycles. The zero-order chi connectivity index (χ0) is 20.5. The number of hydrogen-bond donors (Lipinski definition) is 2. The van der Waals surface area contributed by atoms with Crippen LogP contribution in [0.15, 0.2) is 24.3 Å². The van der Waals surface area contributed by atoms with Gasteiger partial charge in [-0.3, -0.25) is 9.59 Å². The van der Waals surface area contributed by atoms with Crippen LogP contribution in [0.2, 0.25) is 5.02 Å². The lowest BCUT2D eigenvalue weighted by molar-refractivity contribution is -0.115. The van der Waals surface area contributed by atoms with E-state index in [2.05, 4.69) is 31.4 Å². The number of thiophene rings is 1. The van der Waals surface area contributed by atoms with E-state index >= 15 is 0 Å². The molecule has 3 rings (SSSR count). The first kappa shape index (κ1) is 20.9. The summed E-state index contributed by atoms with van der Waals surface area (Å²) in [6.07, 6.45) is 3.23. The zero-order valence-electron chi connectivity index (χ0n) is 16.8. The lowest BCUT2D eigenvalue weighted by Crippen LogP contribution is -2.27. The van der Waals surface area contributed by atoms with Crippen molar-refractivity contribution in [3.8, 4) is 0 Å². The zero-order valence-corrected chi connectivity index (χ0v) is 18.4. The van der Waals surface area contributed by atoms with E-state index in [4.69, 9.17) is 11.6 Å². The molecule has 1 atom stereocenters. The third kappa shape index (κ3) is 4.58. The van der Waals surface area contributed by atoms with Crippen LogP contribution >= 0.6 is 22.9 Å². The molecule has 0 fully saturated rings. The second kappa shape index (κ2) is 8.26. The summed E-state index contributed by atoms with van der Waals surface area (Å²) in [5.74, 6) is 0.292. The summed E-state index contributed by atoms with van der Waals surface area (Å²) in [6, 6.07) is 7.10. The van der Waals surface area contributed by atoms with E-state index in [0.29, 0.717) is 33.6 Å². The maximum absolute atomic E-state index is 13.1. The first-order chi connectivity index (χ1) is 13.2. The molecule has 1 unspecified atom stereocenters. The Morgan fingerprint density at radius 3 is 2.64 bits per heavy atom. The van der Waals surface area contributed by atoms with Gasteiger partial charge in [0.15, 0.2) is 0 Å². The Morgan fingerprint density at radius 1 is 1.25 bits per heavy atom.